The lowest BCUT2D eigenvalue weighted by molar-refractivity contribution is -0.121. The van der Waals surface area contributed by atoms with Crippen molar-refractivity contribution in [3.63, 3.8) is 0 Å². The topological polar surface area (TPSA) is 101 Å². The Bertz CT molecular complexity index is 1220. The molecule has 0 atom stereocenters. The van der Waals surface area contributed by atoms with E-state index in [9.17, 15) is 18.0 Å². The number of likely N-dealkylation sites (N-methyl/N-ethyl adjacent to an activating group) is 1. The van der Waals surface area contributed by atoms with Gasteiger partial charge in [-0.05, 0) is 56.5 Å². The number of rotatable bonds is 10. The van der Waals surface area contributed by atoms with Crippen LogP contribution in [-0.4, -0.2) is 54.3 Å². The number of hydrogen-bond acceptors (Lipinski definition) is 5. The lowest BCUT2D eigenvalue weighted by Gasteiger charge is -2.17. The highest BCUT2D eigenvalue weighted by atomic mass is 32.2. The third kappa shape index (κ3) is 6.15. The second-order valence-electron chi connectivity index (χ2n) is 7.82. The summed E-state index contributed by atoms with van der Waals surface area (Å²) in [7, 11) is -2.47. The molecular formula is C24H28N4O4S. The lowest BCUT2D eigenvalue weighted by Crippen LogP contribution is -2.38. The molecule has 0 unspecified atom stereocenters. The molecule has 0 aliphatic rings. The van der Waals surface area contributed by atoms with Gasteiger partial charge in [0, 0.05) is 25.4 Å². The van der Waals surface area contributed by atoms with Crippen molar-refractivity contribution >= 4 is 21.7 Å². The molecule has 8 nitrogen and oxygen atoms in total. The van der Waals surface area contributed by atoms with E-state index < -0.39 is 10.0 Å². The van der Waals surface area contributed by atoms with Crippen LogP contribution in [0.15, 0.2) is 65.7 Å². The maximum Gasteiger partial charge on any atom is 0.243 e. The van der Waals surface area contributed by atoms with Crippen molar-refractivity contribution in [2.45, 2.75) is 31.6 Å². The fourth-order valence-electron chi connectivity index (χ4n) is 3.35. The molecule has 0 aliphatic carbocycles. The van der Waals surface area contributed by atoms with Crippen LogP contribution < -0.4 is 5.32 Å². The molecule has 1 heterocycles. The van der Waals surface area contributed by atoms with Crippen LogP contribution in [0.2, 0.25) is 0 Å². The largest absolute Gasteiger partial charge is 0.355 e. The molecule has 1 amide bonds. The minimum Gasteiger partial charge on any atom is -0.355 e. The molecule has 3 rings (SSSR count). The van der Waals surface area contributed by atoms with Crippen LogP contribution in [0.25, 0.3) is 5.69 Å². The summed E-state index contributed by atoms with van der Waals surface area (Å²) in [4.78, 5) is 23.7. The summed E-state index contributed by atoms with van der Waals surface area (Å²) in [6, 6.07) is 15.5. The molecule has 9 heteroatoms. The zero-order chi connectivity index (χ0) is 24.0. The highest BCUT2D eigenvalue weighted by Crippen LogP contribution is 2.16. The summed E-state index contributed by atoms with van der Waals surface area (Å²) < 4.78 is 28.2. The smallest absolute Gasteiger partial charge is 0.243 e. The number of amides is 1. The van der Waals surface area contributed by atoms with E-state index in [-0.39, 0.29) is 23.1 Å². The van der Waals surface area contributed by atoms with E-state index >= 15 is 0 Å². The number of para-hydroxylation sites is 1. The number of carbonyl (C=O) groups is 2. The first kappa shape index (κ1) is 24.3. The van der Waals surface area contributed by atoms with Crippen molar-refractivity contribution in [1.29, 1.82) is 0 Å². The SMILES string of the molecule is CC(=O)c1ccc(S(=O)(=O)N(C)CC(=O)NCCCc2cn(-c3ccccc3)nc2C)cc1. The Balaban J connectivity index is 1.48. The van der Waals surface area contributed by atoms with Gasteiger partial charge in [0.15, 0.2) is 5.78 Å². The van der Waals surface area contributed by atoms with Gasteiger partial charge in [-0.25, -0.2) is 13.1 Å². The van der Waals surface area contributed by atoms with Crippen molar-refractivity contribution in [3.8, 4) is 5.69 Å². The number of ketones is 1. The molecule has 0 spiro atoms. The summed E-state index contributed by atoms with van der Waals surface area (Å²) in [6.45, 7) is 3.50. The molecule has 0 saturated carbocycles. The minimum absolute atomic E-state index is 0.0358. The molecule has 1 aromatic heterocycles. The van der Waals surface area contributed by atoms with Crippen LogP contribution in [-0.2, 0) is 21.2 Å². The van der Waals surface area contributed by atoms with E-state index in [4.69, 9.17) is 0 Å². The summed E-state index contributed by atoms with van der Waals surface area (Å²) in [5.74, 6) is -0.521. The van der Waals surface area contributed by atoms with Crippen molar-refractivity contribution in [2.75, 3.05) is 20.1 Å². The van der Waals surface area contributed by atoms with Gasteiger partial charge in [-0.2, -0.15) is 9.40 Å². The molecule has 0 aliphatic heterocycles. The number of carbonyl (C=O) groups excluding carboxylic acids is 2. The van der Waals surface area contributed by atoms with Gasteiger partial charge >= 0.3 is 0 Å². The highest BCUT2D eigenvalue weighted by molar-refractivity contribution is 7.89. The Morgan fingerprint density at radius 1 is 1.06 bits per heavy atom. The fourth-order valence-corrected chi connectivity index (χ4v) is 4.47. The number of nitrogens with zero attached hydrogens (tertiary/aromatic N) is 3. The van der Waals surface area contributed by atoms with E-state index in [0.29, 0.717) is 18.5 Å². The first-order valence-corrected chi connectivity index (χ1v) is 12.1. The fraction of sp³-hybridized carbons (Fsp3) is 0.292. The maximum absolute atomic E-state index is 12.7. The standard InChI is InChI=1S/C24H28N4O4S/c1-18-21(16-28(26-18)22-9-5-4-6-10-22)8-7-15-25-24(30)17-27(3)33(31,32)23-13-11-20(12-14-23)19(2)29/h4-6,9-14,16H,7-8,15,17H2,1-3H3,(H,25,30). The van der Waals surface area contributed by atoms with Crippen LogP contribution in [0, 0.1) is 6.92 Å². The van der Waals surface area contributed by atoms with Crippen LogP contribution in [0.5, 0.6) is 0 Å². The van der Waals surface area contributed by atoms with E-state index in [1.54, 1.807) is 0 Å². The second kappa shape index (κ2) is 10.5. The van der Waals surface area contributed by atoms with Gasteiger partial charge in [-0.15, -0.1) is 0 Å². The quantitative estimate of drug-likeness (QED) is 0.364. The maximum atomic E-state index is 12.7. The predicted molar refractivity (Wildman–Crippen MR) is 126 cm³/mol. The molecule has 0 bridgehead atoms. The molecule has 0 fully saturated rings. The van der Waals surface area contributed by atoms with Gasteiger partial charge in [0.05, 0.1) is 22.8 Å². The van der Waals surface area contributed by atoms with Gasteiger partial charge in [0.1, 0.15) is 0 Å². The summed E-state index contributed by atoms with van der Waals surface area (Å²) in [5.41, 5.74) is 3.45. The first-order chi connectivity index (χ1) is 15.7. The monoisotopic (exact) mass is 468 g/mol. The Kier molecular flexibility index (Phi) is 7.78. The van der Waals surface area contributed by atoms with E-state index in [1.165, 1.54) is 38.2 Å². The average molecular weight is 469 g/mol. The molecule has 3 aromatic rings. The van der Waals surface area contributed by atoms with Crippen LogP contribution in [0.1, 0.15) is 35.0 Å². The van der Waals surface area contributed by atoms with Crippen molar-refractivity contribution < 1.29 is 18.0 Å². The summed E-state index contributed by atoms with van der Waals surface area (Å²) in [6.07, 6.45) is 3.44. The highest BCUT2D eigenvalue weighted by Gasteiger charge is 2.23. The number of hydrogen-bond donors (Lipinski definition) is 1. The molecule has 174 valence electrons. The average Bonchev–Trinajstić information content (AvgIpc) is 3.17. The van der Waals surface area contributed by atoms with Crippen molar-refractivity contribution in [1.82, 2.24) is 19.4 Å². The van der Waals surface area contributed by atoms with Gasteiger partial charge in [-0.1, -0.05) is 30.3 Å². The third-order valence-electron chi connectivity index (χ3n) is 5.30. The summed E-state index contributed by atoms with van der Waals surface area (Å²) >= 11 is 0. The van der Waals surface area contributed by atoms with Crippen LogP contribution >= 0.6 is 0 Å². The summed E-state index contributed by atoms with van der Waals surface area (Å²) in [5, 5.41) is 7.31. The number of aromatic nitrogens is 2. The third-order valence-corrected chi connectivity index (χ3v) is 7.12. The van der Waals surface area contributed by atoms with Gasteiger partial charge in [0.2, 0.25) is 15.9 Å². The zero-order valence-electron chi connectivity index (χ0n) is 19.0. The van der Waals surface area contributed by atoms with Crippen molar-refractivity contribution in [3.05, 3.63) is 77.6 Å². The van der Waals surface area contributed by atoms with Crippen LogP contribution in [0.4, 0.5) is 0 Å². The molecule has 0 saturated heterocycles. The van der Waals surface area contributed by atoms with Crippen molar-refractivity contribution in [2.24, 2.45) is 0 Å². The van der Waals surface area contributed by atoms with Crippen LogP contribution in [0.3, 0.4) is 0 Å². The van der Waals surface area contributed by atoms with E-state index in [2.05, 4.69) is 10.4 Å². The number of Topliss-reactive ketones (excluding diaryl/α,β-unsaturated/α-hetero) is 1. The Hall–Kier alpha value is -3.30. The number of benzene rings is 2. The molecule has 0 radical (unpaired) electrons. The number of aryl methyl sites for hydroxylation is 2. The minimum atomic E-state index is -3.83. The normalized spacial score (nSPS) is 11.5. The van der Waals surface area contributed by atoms with Gasteiger partial charge in [0.25, 0.3) is 0 Å². The molecule has 1 N–H and O–H groups in total. The van der Waals surface area contributed by atoms with Gasteiger partial charge < -0.3 is 5.32 Å². The molecular weight excluding hydrogens is 440 g/mol. The lowest BCUT2D eigenvalue weighted by atomic mass is 10.1. The zero-order valence-corrected chi connectivity index (χ0v) is 19.8. The molecule has 33 heavy (non-hydrogen) atoms. The predicted octanol–water partition coefficient (Wildman–Crippen LogP) is 2.75. The van der Waals surface area contributed by atoms with E-state index in [1.807, 2.05) is 48.1 Å². The Labute approximate surface area is 194 Å². The Morgan fingerprint density at radius 2 is 1.73 bits per heavy atom. The van der Waals surface area contributed by atoms with Gasteiger partial charge in [-0.3, -0.25) is 9.59 Å². The number of sulfonamides is 1. The van der Waals surface area contributed by atoms with E-state index in [0.717, 1.165) is 27.7 Å². The number of nitrogens with one attached hydrogen (secondary N) is 1. The second-order valence-corrected chi connectivity index (χ2v) is 9.86. The Morgan fingerprint density at radius 3 is 2.36 bits per heavy atom. The molecule has 2 aromatic carbocycles. The first-order valence-electron chi connectivity index (χ1n) is 10.6.